The van der Waals surface area contributed by atoms with E-state index in [1.807, 2.05) is 13.1 Å². The van der Waals surface area contributed by atoms with Crippen LogP contribution in [-0.2, 0) is 0 Å². The Labute approximate surface area is 123 Å². The fraction of sp³-hybridized carbons (Fsp3) is 0.429. The summed E-state index contributed by atoms with van der Waals surface area (Å²) in [5.41, 5.74) is 12.3. The van der Waals surface area contributed by atoms with Crippen LogP contribution >= 0.6 is 0 Å². The van der Waals surface area contributed by atoms with Gasteiger partial charge >= 0.3 is 5.95 Å². The van der Waals surface area contributed by atoms with E-state index in [1.54, 1.807) is 20.3 Å². The maximum Gasteiger partial charge on any atom is 0.329 e. The molecule has 0 spiro atoms. The van der Waals surface area contributed by atoms with E-state index in [4.69, 9.17) is 20.9 Å². The third kappa shape index (κ3) is 3.14. The molecule has 0 fully saturated rings. The standard InChI is InChI=1S/C14H21N5O2/c1-19(6-4-5-15)14-17-10-8-12(21-3)11(20-2)7-9(10)13(16)18-14/h7-8H,4-6,15H2,1-3H3,(H2,16,17,18)/p+1. The van der Waals surface area contributed by atoms with Gasteiger partial charge in [0.15, 0.2) is 11.5 Å². The number of rotatable bonds is 6. The van der Waals surface area contributed by atoms with Crippen molar-refractivity contribution in [2.75, 3.05) is 40.1 Å². The Balaban J connectivity index is 2.49. The zero-order valence-electron chi connectivity index (χ0n) is 12.6. The first-order valence-corrected chi connectivity index (χ1v) is 6.82. The molecule has 1 heterocycles. The van der Waals surface area contributed by atoms with Crippen molar-refractivity contribution in [3.63, 3.8) is 0 Å². The molecule has 2 rings (SSSR count). The number of methoxy groups -OCH3 is 2. The summed E-state index contributed by atoms with van der Waals surface area (Å²) < 4.78 is 10.6. The van der Waals surface area contributed by atoms with Crippen molar-refractivity contribution >= 4 is 22.7 Å². The maximum absolute atomic E-state index is 6.05. The van der Waals surface area contributed by atoms with Crippen molar-refractivity contribution in [2.45, 2.75) is 6.42 Å². The van der Waals surface area contributed by atoms with E-state index in [0.717, 1.165) is 28.8 Å². The second-order valence-corrected chi connectivity index (χ2v) is 4.83. The Morgan fingerprint density at radius 2 is 1.81 bits per heavy atom. The molecule has 0 saturated heterocycles. The predicted octanol–water partition coefficient (Wildman–Crippen LogP) is -0.276. The Hall–Kier alpha value is -2.12. The number of nitrogen functional groups attached to an aromatic ring is 1. The highest BCUT2D eigenvalue weighted by Crippen LogP contribution is 2.33. The molecular formula is C14H22N5O2+. The summed E-state index contributed by atoms with van der Waals surface area (Å²) >= 11 is 0. The highest BCUT2D eigenvalue weighted by Gasteiger charge is 2.16. The lowest BCUT2D eigenvalue weighted by molar-refractivity contribution is -0.815. The third-order valence-electron chi connectivity index (χ3n) is 3.37. The van der Waals surface area contributed by atoms with Gasteiger partial charge in [0.25, 0.3) is 0 Å². The molecule has 5 N–H and O–H groups in total. The smallest absolute Gasteiger partial charge is 0.329 e. The molecule has 0 aliphatic carbocycles. The number of nitrogens with zero attached hydrogens (tertiary/aromatic N) is 2. The minimum absolute atomic E-state index is 0.433. The van der Waals surface area contributed by atoms with Gasteiger partial charge in [-0.1, -0.05) is 0 Å². The van der Waals surface area contributed by atoms with Gasteiger partial charge < -0.3 is 20.9 Å². The van der Waals surface area contributed by atoms with Crippen molar-refractivity contribution in [2.24, 2.45) is 5.73 Å². The quantitative estimate of drug-likeness (QED) is 0.677. The van der Waals surface area contributed by atoms with Gasteiger partial charge in [0.1, 0.15) is 5.82 Å². The highest BCUT2D eigenvalue weighted by atomic mass is 16.5. The molecule has 1 aromatic heterocycles. The Kier molecular flexibility index (Phi) is 4.77. The van der Waals surface area contributed by atoms with Gasteiger partial charge in [-0.05, 0) is 12.6 Å². The molecule has 7 heteroatoms. The Morgan fingerprint density at radius 1 is 1.14 bits per heavy atom. The second-order valence-electron chi connectivity index (χ2n) is 4.83. The zero-order valence-corrected chi connectivity index (χ0v) is 12.6. The van der Waals surface area contributed by atoms with Crippen molar-refractivity contribution in [3.05, 3.63) is 12.1 Å². The zero-order chi connectivity index (χ0) is 15.4. The summed E-state index contributed by atoms with van der Waals surface area (Å²) in [6.45, 7) is 1.50. The van der Waals surface area contributed by atoms with Crippen molar-refractivity contribution in [3.8, 4) is 11.5 Å². The van der Waals surface area contributed by atoms with Gasteiger partial charge in [-0.15, -0.1) is 0 Å². The van der Waals surface area contributed by atoms with Crippen LogP contribution in [0.5, 0.6) is 11.5 Å². The molecule has 21 heavy (non-hydrogen) atoms. The van der Waals surface area contributed by atoms with E-state index < -0.39 is 0 Å². The molecule has 0 radical (unpaired) electrons. The molecule has 0 saturated carbocycles. The summed E-state index contributed by atoms with van der Waals surface area (Å²) in [6.07, 6.45) is 0.902. The average Bonchev–Trinajstić information content (AvgIpc) is 2.51. The van der Waals surface area contributed by atoms with Gasteiger partial charge in [-0.25, -0.2) is 0 Å². The summed E-state index contributed by atoms with van der Waals surface area (Å²) in [6, 6.07) is 3.61. The van der Waals surface area contributed by atoms with Crippen LogP contribution in [0.2, 0.25) is 0 Å². The molecule has 1 unspecified atom stereocenters. The molecule has 1 atom stereocenters. The van der Waals surface area contributed by atoms with E-state index in [2.05, 4.69) is 9.97 Å². The van der Waals surface area contributed by atoms with Crippen LogP contribution in [0.3, 0.4) is 0 Å². The number of nitrogens with one attached hydrogen (secondary N) is 1. The lowest BCUT2D eigenvalue weighted by Gasteiger charge is -2.13. The number of fused-ring (bicyclic) bond motifs is 1. The van der Waals surface area contributed by atoms with Crippen molar-refractivity contribution < 1.29 is 14.4 Å². The van der Waals surface area contributed by atoms with Crippen LogP contribution < -0.4 is 25.8 Å². The van der Waals surface area contributed by atoms with Crippen LogP contribution in [-0.4, -0.2) is 44.3 Å². The lowest BCUT2D eigenvalue weighted by Crippen LogP contribution is -3.04. The Bertz CT molecular complexity index is 632. The third-order valence-corrected chi connectivity index (χ3v) is 3.37. The number of anilines is 1. The Morgan fingerprint density at radius 3 is 2.43 bits per heavy atom. The first-order chi connectivity index (χ1) is 10.1. The number of nitrogens with two attached hydrogens (primary N) is 2. The molecule has 1 aromatic carbocycles. The summed E-state index contributed by atoms with van der Waals surface area (Å²) in [7, 11) is 5.17. The molecule has 0 bridgehead atoms. The lowest BCUT2D eigenvalue weighted by atomic mass is 10.2. The number of aromatic nitrogens is 2. The fourth-order valence-corrected chi connectivity index (χ4v) is 2.15. The molecule has 0 aliphatic heterocycles. The summed E-state index contributed by atoms with van der Waals surface area (Å²) in [5.74, 6) is 2.31. The molecule has 0 aliphatic rings. The minimum Gasteiger partial charge on any atom is -0.493 e. The fourth-order valence-electron chi connectivity index (χ4n) is 2.15. The van der Waals surface area contributed by atoms with Gasteiger partial charge in [0.05, 0.1) is 33.3 Å². The molecule has 7 nitrogen and oxygen atoms in total. The van der Waals surface area contributed by atoms with Gasteiger partial charge in [0, 0.05) is 17.9 Å². The number of benzene rings is 1. The molecule has 2 aromatic rings. The van der Waals surface area contributed by atoms with Gasteiger partial charge in [0.2, 0.25) is 0 Å². The van der Waals surface area contributed by atoms with E-state index in [9.17, 15) is 0 Å². The SMILES string of the molecule is COc1cc2nc([NH+](C)CCCN)nc(N)c2cc1OC. The maximum atomic E-state index is 6.05. The van der Waals surface area contributed by atoms with Gasteiger partial charge in [-0.3, -0.25) is 4.90 Å². The first kappa shape index (κ1) is 15.3. The van der Waals surface area contributed by atoms with E-state index in [0.29, 0.717) is 29.8 Å². The largest absolute Gasteiger partial charge is 0.493 e. The first-order valence-electron chi connectivity index (χ1n) is 6.82. The van der Waals surface area contributed by atoms with Crippen LogP contribution in [0.4, 0.5) is 11.8 Å². The van der Waals surface area contributed by atoms with E-state index in [-0.39, 0.29) is 0 Å². The van der Waals surface area contributed by atoms with Crippen LogP contribution in [0.15, 0.2) is 12.1 Å². The average molecular weight is 292 g/mol. The molecule has 0 amide bonds. The number of hydrogen-bond donors (Lipinski definition) is 3. The van der Waals surface area contributed by atoms with E-state index >= 15 is 0 Å². The summed E-state index contributed by atoms with van der Waals surface area (Å²) in [5, 5.41) is 0.753. The number of hydrogen-bond acceptors (Lipinski definition) is 6. The van der Waals surface area contributed by atoms with Crippen molar-refractivity contribution in [1.29, 1.82) is 0 Å². The van der Waals surface area contributed by atoms with Crippen LogP contribution in [0.25, 0.3) is 10.9 Å². The topological polar surface area (TPSA) is 101 Å². The number of ether oxygens (including phenoxy) is 2. The normalized spacial score (nSPS) is 12.4. The molecular weight excluding hydrogens is 270 g/mol. The molecule has 114 valence electrons. The van der Waals surface area contributed by atoms with Crippen molar-refractivity contribution in [1.82, 2.24) is 9.97 Å². The highest BCUT2D eigenvalue weighted by molar-refractivity contribution is 5.91. The second kappa shape index (κ2) is 6.55. The van der Waals surface area contributed by atoms with E-state index in [1.165, 1.54) is 0 Å². The van der Waals surface area contributed by atoms with Gasteiger partial charge in [-0.2, -0.15) is 9.97 Å². The predicted molar refractivity (Wildman–Crippen MR) is 82.1 cm³/mol. The van der Waals surface area contributed by atoms with Crippen LogP contribution in [0.1, 0.15) is 6.42 Å². The van der Waals surface area contributed by atoms with Crippen LogP contribution in [0, 0.1) is 0 Å². The monoisotopic (exact) mass is 292 g/mol. The number of quaternary nitrogens is 1. The summed E-state index contributed by atoms with van der Waals surface area (Å²) in [4.78, 5) is 10.0. The minimum atomic E-state index is 0.433.